The number of thiophene rings is 2. The smallest absolute Gasteiger partial charge is 0.331 e. The van der Waals surface area contributed by atoms with Gasteiger partial charge in [0, 0.05) is 17.8 Å². The number of anilines is 1. The topological polar surface area (TPSA) is 97.0 Å². The molecule has 0 fully saturated rings. The van der Waals surface area contributed by atoms with E-state index < -0.39 is 18.5 Å². The molecule has 0 aliphatic carbocycles. The Bertz CT molecular complexity index is 1320. The van der Waals surface area contributed by atoms with Gasteiger partial charge in [0.1, 0.15) is 16.8 Å². The molecule has 1 aromatic carbocycles. The third kappa shape index (κ3) is 5.83. The fraction of sp³-hybridized carbons (Fsp3) is 0.0833. The predicted molar refractivity (Wildman–Crippen MR) is 129 cm³/mol. The number of carbonyl (C=O) groups is 2. The normalized spacial score (nSPS) is 10.8. The van der Waals surface area contributed by atoms with Gasteiger partial charge in [-0.2, -0.15) is 10.4 Å². The highest BCUT2D eigenvalue weighted by molar-refractivity contribution is 7.14. The second kappa shape index (κ2) is 10.5. The first kappa shape index (κ1) is 22.2. The molecule has 9 heteroatoms. The number of benzene rings is 1. The van der Waals surface area contributed by atoms with E-state index in [0.29, 0.717) is 17.1 Å². The van der Waals surface area contributed by atoms with Crippen LogP contribution in [0.5, 0.6) is 0 Å². The summed E-state index contributed by atoms with van der Waals surface area (Å²) in [5, 5.41) is 20.4. The Labute approximate surface area is 198 Å². The summed E-state index contributed by atoms with van der Waals surface area (Å²) in [6, 6.07) is 17.5. The molecule has 1 amide bonds. The summed E-state index contributed by atoms with van der Waals surface area (Å²) < 4.78 is 6.87. The fourth-order valence-electron chi connectivity index (χ4n) is 3.01. The van der Waals surface area contributed by atoms with E-state index in [1.807, 2.05) is 64.8 Å². The molecule has 0 aliphatic heterocycles. The minimum absolute atomic E-state index is 0.369. The average Bonchev–Trinajstić information content (AvgIpc) is 3.58. The Morgan fingerprint density at radius 3 is 2.73 bits per heavy atom. The van der Waals surface area contributed by atoms with Gasteiger partial charge >= 0.3 is 5.97 Å². The molecule has 1 N–H and O–H groups in total. The highest BCUT2D eigenvalue weighted by Gasteiger charge is 2.13. The summed E-state index contributed by atoms with van der Waals surface area (Å²) in [4.78, 5) is 25.2. The van der Waals surface area contributed by atoms with Crippen molar-refractivity contribution in [3.8, 4) is 16.6 Å². The molecule has 0 saturated carbocycles. The van der Waals surface area contributed by atoms with E-state index in [2.05, 4.69) is 5.32 Å². The monoisotopic (exact) mass is 474 g/mol. The molecule has 164 valence electrons. The van der Waals surface area contributed by atoms with Crippen LogP contribution in [-0.4, -0.2) is 28.3 Å². The SMILES string of the molecule is N#Cc1ccsc1NC(=O)COC(=O)/C=C/c1cn(Cc2ccccc2)nc1-c1cccs1. The molecule has 7 nitrogen and oxygen atoms in total. The third-order valence-corrected chi connectivity index (χ3v) is 6.22. The lowest BCUT2D eigenvalue weighted by Crippen LogP contribution is -2.20. The molecule has 3 aromatic heterocycles. The van der Waals surface area contributed by atoms with Crippen molar-refractivity contribution in [3.05, 3.63) is 88.3 Å². The number of rotatable bonds is 8. The van der Waals surface area contributed by atoms with Gasteiger partial charge in [0.25, 0.3) is 5.91 Å². The minimum Gasteiger partial charge on any atom is -0.452 e. The van der Waals surface area contributed by atoms with Crippen molar-refractivity contribution in [2.24, 2.45) is 0 Å². The molecule has 0 atom stereocenters. The van der Waals surface area contributed by atoms with E-state index in [0.717, 1.165) is 21.7 Å². The largest absolute Gasteiger partial charge is 0.452 e. The second-order valence-electron chi connectivity index (χ2n) is 6.86. The number of nitriles is 1. The standard InChI is InChI=1S/C24H18N4O3S2/c25-13-18-10-12-33-24(18)26-21(29)16-31-22(30)9-8-19-15-28(14-17-5-2-1-3-6-17)27-23(19)20-7-4-11-32-20/h1-12,15H,14,16H2,(H,26,29)/b9-8+. The Balaban J connectivity index is 1.41. The maximum Gasteiger partial charge on any atom is 0.331 e. The maximum absolute atomic E-state index is 12.2. The Morgan fingerprint density at radius 1 is 1.12 bits per heavy atom. The van der Waals surface area contributed by atoms with Crippen LogP contribution in [0.4, 0.5) is 5.00 Å². The van der Waals surface area contributed by atoms with Crippen LogP contribution < -0.4 is 5.32 Å². The average molecular weight is 475 g/mol. The number of ether oxygens (including phenoxy) is 1. The van der Waals surface area contributed by atoms with Crippen LogP contribution in [0.25, 0.3) is 16.6 Å². The molecule has 0 saturated heterocycles. The van der Waals surface area contributed by atoms with Gasteiger partial charge in [-0.15, -0.1) is 22.7 Å². The third-order valence-electron chi connectivity index (χ3n) is 4.52. The second-order valence-corrected chi connectivity index (χ2v) is 8.72. The molecule has 4 rings (SSSR count). The molecular weight excluding hydrogens is 456 g/mol. The number of esters is 1. The molecule has 3 heterocycles. The van der Waals surface area contributed by atoms with Crippen LogP contribution in [0.2, 0.25) is 0 Å². The van der Waals surface area contributed by atoms with Crippen LogP contribution in [0.1, 0.15) is 16.7 Å². The lowest BCUT2D eigenvalue weighted by atomic mass is 10.2. The van der Waals surface area contributed by atoms with Gasteiger partial charge in [-0.3, -0.25) is 9.48 Å². The predicted octanol–water partition coefficient (Wildman–Crippen LogP) is 4.79. The van der Waals surface area contributed by atoms with E-state index in [1.165, 1.54) is 17.4 Å². The number of nitrogens with one attached hydrogen (secondary N) is 1. The first-order chi connectivity index (χ1) is 16.1. The van der Waals surface area contributed by atoms with E-state index in [9.17, 15) is 9.59 Å². The van der Waals surface area contributed by atoms with Crippen LogP contribution >= 0.6 is 22.7 Å². The zero-order valence-electron chi connectivity index (χ0n) is 17.3. The van der Waals surface area contributed by atoms with Gasteiger partial charge in [-0.05, 0) is 34.5 Å². The van der Waals surface area contributed by atoms with Crippen molar-refractivity contribution < 1.29 is 14.3 Å². The van der Waals surface area contributed by atoms with Crippen molar-refractivity contribution in [3.63, 3.8) is 0 Å². The zero-order chi connectivity index (χ0) is 23.0. The Kier molecular flexibility index (Phi) is 7.09. The van der Waals surface area contributed by atoms with Crippen LogP contribution in [0.15, 0.2) is 71.6 Å². The van der Waals surface area contributed by atoms with Gasteiger partial charge in [0.15, 0.2) is 6.61 Å². The number of nitrogens with zero attached hydrogens (tertiary/aromatic N) is 3. The molecule has 33 heavy (non-hydrogen) atoms. The Hall–Kier alpha value is -4.00. The summed E-state index contributed by atoms with van der Waals surface area (Å²) in [7, 11) is 0. The van der Waals surface area contributed by atoms with E-state index >= 15 is 0 Å². The summed E-state index contributed by atoms with van der Waals surface area (Å²) in [5.41, 5.74) is 3.02. The number of hydrogen-bond acceptors (Lipinski definition) is 7. The van der Waals surface area contributed by atoms with Crippen molar-refractivity contribution in [2.45, 2.75) is 6.54 Å². The molecule has 4 aromatic rings. The van der Waals surface area contributed by atoms with Crippen LogP contribution in [0.3, 0.4) is 0 Å². The lowest BCUT2D eigenvalue weighted by molar-refractivity contribution is -0.142. The van der Waals surface area contributed by atoms with Gasteiger partial charge in [0.2, 0.25) is 0 Å². The fourth-order valence-corrected chi connectivity index (χ4v) is 4.50. The highest BCUT2D eigenvalue weighted by Crippen LogP contribution is 2.28. The van der Waals surface area contributed by atoms with Crippen molar-refractivity contribution in [1.82, 2.24) is 9.78 Å². The summed E-state index contributed by atoms with van der Waals surface area (Å²) in [6.45, 7) is 0.155. The van der Waals surface area contributed by atoms with Gasteiger partial charge in [-0.1, -0.05) is 36.4 Å². The van der Waals surface area contributed by atoms with Crippen LogP contribution in [0, 0.1) is 11.3 Å². The highest BCUT2D eigenvalue weighted by atomic mass is 32.1. The summed E-state index contributed by atoms with van der Waals surface area (Å²) in [5.74, 6) is -1.16. The number of amides is 1. The summed E-state index contributed by atoms with van der Waals surface area (Å²) in [6.07, 6.45) is 4.79. The number of hydrogen-bond donors (Lipinski definition) is 1. The molecule has 0 bridgehead atoms. The quantitative estimate of drug-likeness (QED) is 0.293. The first-order valence-corrected chi connectivity index (χ1v) is 11.7. The van der Waals surface area contributed by atoms with E-state index in [1.54, 1.807) is 28.9 Å². The zero-order valence-corrected chi connectivity index (χ0v) is 18.9. The number of aromatic nitrogens is 2. The molecule has 0 radical (unpaired) electrons. The van der Waals surface area contributed by atoms with Crippen molar-refractivity contribution in [1.29, 1.82) is 5.26 Å². The van der Waals surface area contributed by atoms with Gasteiger partial charge in [-0.25, -0.2) is 4.79 Å². The molecular formula is C24H18N4O3S2. The van der Waals surface area contributed by atoms with Crippen molar-refractivity contribution >= 4 is 45.6 Å². The van der Waals surface area contributed by atoms with Gasteiger partial charge in [0.05, 0.1) is 17.0 Å². The van der Waals surface area contributed by atoms with Crippen LogP contribution in [-0.2, 0) is 20.9 Å². The number of carbonyl (C=O) groups excluding carboxylic acids is 2. The molecule has 0 spiro atoms. The van der Waals surface area contributed by atoms with E-state index in [4.69, 9.17) is 15.1 Å². The minimum atomic E-state index is -0.648. The van der Waals surface area contributed by atoms with Gasteiger partial charge < -0.3 is 10.1 Å². The first-order valence-electron chi connectivity index (χ1n) is 9.90. The summed E-state index contributed by atoms with van der Waals surface area (Å²) >= 11 is 2.79. The maximum atomic E-state index is 12.2. The van der Waals surface area contributed by atoms with E-state index in [-0.39, 0.29) is 0 Å². The molecule has 0 aliphatic rings. The van der Waals surface area contributed by atoms with Crippen molar-refractivity contribution in [2.75, 3.05) is 11.9 Å². The molecule has 0 unspecified atom stereocenters. The lowest BCUT2D eigenvalue weighted by Gasteiger charge is -2.03. The Morgan fingerprint density at radius 2 is 1.97 bits per heavy atom.